The molecule has 0 unspecified atom stereocenters. The molecular formula is C23H27FN2O3. The second-order valence-corrected chi connectivity index (χ2v) is 8.03. The predicted octanol–water partition coefficient (Wildman–Crippen LogP) is 4.72. The van der Waals surface area contributed by atoms with Crippen molar-refractivity contribution in [1.82, 2.24) is 4.90 Å². The molecule has 2 aromatic carbocycles. The predicted molar refractivity (Wildman–Crippen MR) is 109 cm³/mol. The van der Waals surface area contributed by atoms with Gasteiger partial charge in [0, 0.05) is 38.2 Å². The minimum atomic E-state index is -0.508. The number of benzene rings is 2. The van der Waals surface area contributed by atoms with Crippen LogP contribution in [0.4, 0.5) is 10.1 Å². The average molecular weight is 398 g/mol. The van der Waals surface area contributed by atoms with Crippen molar-refractivity contribution in [2.24, 2.45) is 0 Å². The van der Waals surface area contributed by atoms with Gasteiger partial charge in [-0.05, 0) is 49.6 Å². The first-order valence-electron chi connectivity index (χ1n) is 10.2. The summed E-state index contributed by atoms with van der Waals surface area (Å²) in [7, 11) is 1.72. The first kappa shape index (κ1) is 19.6. The molecule has 1 aliphatic heterocycles. The molecule has 154 valence electrons. The number of nitrogens with zero attached hydrogens (tertiary/aromatic N) is 1. The maximum atomic E-state index is 13.4. The SMILES string of the molecule is C[C@@H](Nc1ccc2c(c1)OC1(CCCCC1)O2)C(=O)N(C)Cc1cccc(F)c1. The minimum Gasteiger partial charge on any atom is -0.448 e. The van der Waals surface area contributed by atoms with Crippen LogP contribution in [0.15, 0.2) is 42.5 Å². The van der Waals surface area contributed by atoms with Gasteiger partial charge in [0.25, 0.3) is 5.79 Å². The molecule has 0 bridgehead atoms. The maximum absolute atomic E-state index is 13.4. The van der Waals surface area contributed by atoms with E-state index in [1.54, 1.807) is 18.0 Å². The van der Waals surface area contributed by atoms with Gasteiger partial charge in [0.1, 0.15) is 11.9 Å². The third-order valence-corrected chi connectivity index (χ3v) is 5.59. The zero-order valence-corrected chi connectivity index (χ0v) is 16.9. The Labute approximate surface area is 170 Å². The van der Waals surface area contributed by atoms with E-state index in [-0.39, 0.29) is 11.7 Å². The second-order valence-electron chi connectivity index (χ2n) is 8.03. The lowest BCUT2D eigenvalue weighted by Gasteiger charge is -2.31. The van der Waals surface area contributed by atoms with Crippen LogP contribution in [0.3, 0.4) is 0 Å². The van der Waals surface area contributed by atoms with Crippen LogP contribution < -0.4 is 14.8 Å². The number of ether oxygens (including phenoxy) is 2. The fourth-order valence-electron chi connectivity index (χ4n) is 4.11. The number of anilines is 1. The van der Waals surface area contributed by atoms with Crippen molar-refractivity contribution in [3.05, 3.63) is 53.8 Å². The van der Waals surface area contributed by atoms with Crippen LogP contribution in [-0.2, 0) is 11.3 Å². The number of hydrogen-bond acceptors (Lipinski definition) is 4. The average Bonchev–Trinajstić information content (AvgIpc) is 3.04. The summed E-state index contributed by atoms with van der Waals surface area (Å²) in [5.41, 5.74) is 1.56. The fourth-order valence-corrected chi connectivity index (χ4v) is 4.11. The van der Waals surface area contributed by atoms with E-state index in [0.717, 1.165) is 48.4 Å². The highest BCUT2D eigenvalue weighted by molar-refractivity contribution is 5.84. The van der Waals surface area contributed by atoms with Gasteiger partial charge in [-0.1, -0.05) is 18.6 Å². The van der Waals surface area contributed by atoms with E-state index in [1.165, 1.54) is 18.6 Å². The first-order chi connectivity index (χ1) is 13.9. The Morgan fingerprint density at radius 1 is 1.14 bits per heavy atom. The Morgan fingerprint density at radius 3 is 2.66 bits per heavy atom. The van der Waals surface area contributed by atoms with Crippen molar-refractivity contribution >= 4 is 11.6 Å². The van der Waals surface area contributed by atoms with Gasteiger partial charge < -0.3 is 19.7 Å². The summed E-state index contributed by atoms with van der Waals surface area (Å²) in [5, 5.41) is 3.24. The fraction of sp³-hybridized carbons (Fsp3) is 0.435. The summed E-state index contributed by atoms with van der Waals surface area (Å²) in [6, 6.07) is 11.6. The highest BCUT2D eigenvalue weighted by atomic mass is 19.1. The van der Waals surface area contributed by atoms with E-state index >= 15 is 0 Å². The lowest BCUT2D eigenvalue weighted by Crippen LogP contribution is -2.40. The lowest BCUT2D eigenvalue weighted by molar-refractivity contribution is -0.130. The number of carbonyl (C=O) groups is 1. The molecule has 1 heterocycles. The molecule has 29 heavy (non-hydrogen) atoms. The molecule has 6 heteroatoms. The molecule has 1 saturated carbocycles. The quantitative estimate of drug-likeness (QED) is 0.792. The van der Waals surface area contributed by atoms with Crippen molar-refractivity contribution < 1.29 is 18.7 Å². The van der Waals surface area contributed by atoms with E-state index in [0.29, 0.717) is 6.54 Å². The first-order valence-corrected chi connectivity index (χ1v) is 10.2. The van der Waals surface area contributed by atoms with E-state index in [4.69, 9.17) is 9.47 Å². The molecule has 2 aliphatic rings. The van der Waals surface area contributed by atoms with Crippen molar-refractivity contribution in [3.63, 3.8) is 0 Å². The van der Waals surface area contributed by atoms with Crippen LogP contribution in [0.5, 0.6) is 11.5 Å². The van der Waals surface area contributed by atoms with Crippen LogP contribution >= 0.6 is 0 Å². The van der Waals surface area contributed by atoms with Gasteiger partial charge in [-0.2, -0.15) is 0 Å². The molecule has 1 N–H and O–H groups in total. The smallest absolute Gasteiger partial charge is 0.251 e. The largest absolute Gasteiger partial charge is 0.448 e. The Hall–Kier alpha value is -2.76. The lowest BCUT2D eigenvalue weighted by atomic mass is 9.94. The minimum absolute atomic E-state index is 0.0734. The zero-order chi connectivity index (χ0) is 20.4. The summed E-state index contributed by atoms with van der Waals surface area (Å²) in [6.45, 7) is 2.17. The third-order valence-electron chi connectivity index (χ3n) is 5.59. The number of amides is 1. The standard InChI is InChI=1S/C23H27FN2O3/c1-16(22(27)26(2)15-17-7-6-8-18(24)13-17)25-19-9-10-20-21(14-19)29-23(28-20)11-4-3-5-12-23/h6-10,13-14,16,25H,3-5,11-12,15H2,1-2H3/t16-/m1/s1. The molecule has 1 atom stereocenters. The molecule has 1 amide bonds. The number of hydrogen-bond donors (Lipinski definition) is 1. The normalized spacial score (nSPS) is 17.8. The summed E-state index contributed by atoms with van der Waals surface area (Å²) in [5.74, 6) is 0.608. The maximum Gasteiger partial charge on any atom is 0.251 e. The number of rotatable bonds is 5. The van der Waals surface area contributed by atoms with Gasteiger partial charge in [0.05, 0.1) is 0 Å². The van der Waals surface area contributed by atoms with Gasteiger partial charge in [-0.15, -0.1) is 0 Å². The second kappa shape index (κ2) is 7.93. The third kappa shape index (κ3) is 4.31. The van der Waals surface area contributed by atoms with Crippen LogP contribution in [0.25, 0.3) is 0 Å². The van der Waals surface area contributed by atoms with Crippen molar-refractivity contribution in [3.8, 4) is 11.5 Å². The van der Waals surface area contributed by atoms with Gasteiger partial charge in [0.15, 0.2) is 11.5 Å². The van der Waals surface area contributed by atoms with Crippen LogP contribution in [-0.4, -0.2) is 29.7 Å². The molecular weight excluding hydrogens is 371 g/mol. The Bertz CT molecular complexity index is 895. The molecule has 0 aromatic heterocycles. The summed E-state index contributed by atoms with van der Waals surface area (Å²) < 4.78 is 25.6. The monoisotopic (exact) mass is 398 g/mol. The van der Waals surface area contributed by atoms with Crippen LogP contribution in [0.2, 0.25) is 0 Å². The Morgan fingerprint density at radius 2 is 1.90 bits per heavy atom. The summed E-state index contributed by atoms with van der Waals surface area (Å²) >= 11 is 0. The Kier molecular flexibility index (Phi) is 5.35. The highest BCUT2D eigenvalue weighted by Gasteiger charge is 2.42. The zero-order valence-electron chi connectivity index (χ0n) is 16.9. The number of likely N-dealkylation sites (N-methyl/N-ethyl adjacent to an activating group) is 1. The molecule has 5 nitrogen and oxygen atoms in total. The molecule has 0 radical (unpaired) electrons. The van der Waals surface area contributed by atoms with Crippen LogP contribution in [0, 0.1) is 5.82 Å². The topological polar surface area (TPSA) is 50.8 Å². The molecule has 2 aromatic rings. The van der Waals surface area contributed by atoms with Crippen LogP contribution in [0.1, 0.15) is 44.6 Å². The van der Waals surface area contributed by atoms with E-state index in [9.17, 15) is 9.18 Å². The van der Waals surface area contributed by atoms with E-state index in [2.05, 4.69) is 5.32 Å². The van der Waals surface area contributed by atoms with Gasteiger partial charge in [-0.25, -0.2) is 4.39 Å². The van der Waals surface area contributed by atoms with Gasteiger partial charge in [-0.3, -0.25) is 4.79 Å². The van der Waals surface area contributed by atoms with Gasteiger partial charge >= 0.3 is 0 Å². The number of halogens is 1. The molecule has 0 saturated heterocycles. The van der Waals surface area contributed by atoms with E-state index in [1.807, 2.05) is 31.2 Å². The molecule has 1 spiro atoms. The summed E-state index contributed by atoms with van der Waals surface area (Å²) in [4.78, 5) is 14.3. The molecule has 1 aliphatic carbocycles. The highest BCUT2D eigenvalue weighted by Crippen LogP contribution is 2.46. The van der Waals surface area contributed by atoms with Crippen molar-refractivity contribution in [1.29, 1.82) is 0 Å². The van der Waals surface area contributed by atoms with Gasteiger partial charge in [0.2, 0.25) is 5.91 Å². The number of carbonyl (C=O) groups excluding carboxylic acids is 1. The number of nitrogens with one attached hydrogen (secondary N) is 1. The Balaban J connectivity index is 1.38. The van der Waals surface area contributed by atoms with Crippen molar-refractivity contribution in [2.45, 2.75) is 57.4 Å². The molecule has 1 fully saturated rings. The van der Waals surface area contributed by atoms with Crippen molar-refractivity contribution in [2.75, 3.05) is 12.4 Å². The molecule has 4 rings (SSSR count). The summed E-state index contributed by atoms with van der Waals surface area (Å²) in [6.07, 6.45) is 5.26. The van der Waals surface area contributed by atoms with E-state index < -0.39 is 11.8 Å². The number of fused-ring (bicyclic) bond motifs is 1.